The van der Waals surface area contributed by atoms with E-state index in [4.69, 9.17) is 4.74 Å². The van der Waals surface area contributed by atoms with Crippen molar-refractivity contribution in [2.45, 2.75) is 119 Å². The fraction of sp³-hybridized carbons (Fsp3) is 0.844. The SMILES string of the molecule is C=C(CC[C@@H](C)[C@H]1CC[C@H]2C3=CC[C@H]4[C@H](C)[C@@H](OC(C)=O)CC[C@]4(C)[C@H]3CC[C@]12C)C(C)(C)C. The Balaban J connectivity index is 1.50. The lowest BCUT2D eigenvalue weighted by molar-refractivity contribution is -0.158. The molecule has 0 amide bonds. The van der Waals surface area contributed by atoms with Crippen LogP contribution < -0.4 is 0 Å². The van der Waals surface area contributed by atoms with Gasteiger partial charge in [0.15, 0.2) is 0 Å². The monoisotopic (exact) mass is 468 g/mol. The van der Waals surface area contributed by atoms with Gasteiger partial charge in [-0.25, -0.2) is 0 Å². The Kier molecular flexibility index (Phi) is 6.98. The minimum absolute atomic E-state index is 0.110. The second-order valence-corrected chi connectivity index (χ2v) is 14.3. The predicted molar refractivity (Wildman–Crippen MR) is 142 cm³/mol. The molecule has 34 heavy (non-hydrogen) atoms. The standard InChI is InChI=1S/C32H52O2/c1-20(10-11-21(2)30(5,6)7)25-14-15-27-24-12-13-26-22(3)29(34-23(4)33)17-19-32(26,9)28(24)16-18-31(25,27)8/h12,20,22,25-29H,2,10-11,13-19H2,1,3-9H3/t20-,22+,25-,26+,27+,28+,29+,31-,32+/m1/s1. The van der Waals surface area contributed by atoms with Crippen molar-refractivity contribution in [3.63, 3.8) is 0 Å². The third kappa shape index (κ3) is 4.34. The summed E-state index contributed by atoms with van der Waals surface area (Å²) in [6.45, 7) is 23.0. The van der Waals surface area contributed by atoms with Gasteiger partial charge in [0.1, 0.15) is 6.10 Å². The minimum Gasteiger partial charge on any atom is -0.462 e. The van der Waals surface area contributed by atoms with Gasteiger partial charge in [0.25, 0.3) is 0 Å². The molecular weight excluding hydrogens is 416 g/mol. The lowest BCUT2D eigenvalue weighted by Crippen LogP contribution is -2.53. The fourth-order valence-corrected chi connectivity index (χ4v) is 9.26. The van der Waals surface area contributed by atoms with Crippen molar-refractivity contribution >= 4 is 5.97 Å². The Morgan fingerprint density at radius 2 is 1.76 bits per heavy atom. The maximum absolute atomic E-state index is 11.7. The van der Waals surface area contributed by atoms with Crippen molar-refractivity contribution < 1.29 is 9.53 Å². The second-order valence-electron chi connectivity index (χ2n) is 14.3. The Morgan fingerprint density at radius 1 is 1.12 bits per heavy atom. The molecular formula is C32H52O2. The first-order chi connectivity index (χ1) is 15.8. The molecule has 0 radical (unpaired) electrons. The summed E-state index contributed by atoms with van der Waals surface area (Å²) >= 11 is 0. The number of rotatable bonds is 5. The number of ether oxygens (including phenoxy) is 1. The van der Waals surface area contributed by atoms with Crippen LogP contribution in [0.15, 0.2) is 23.8 Å². The van der Waals surface area contributed by atoms with E-state index >= 15 is 0 Å². The number of carbonyl (C=O) groups excluding carboxylic acids is 1. The van der Waals surface area contributed by atoms with E-state index in [0.29, 0.717) is 22.7 Å². The molecule has 0 bridgehead atoms. The first-order valence-corrected chi connectivity index (χ1v) is 14.3. The number of fused-ring (bicyclic) bond motifs is 5. The van der Waals surface area contributed by atoms with E-state index in [-0.39, 0.29) is 17.5 Å². The average Bonchev–Trinajstić information content (AvgIpc) is 3.10. The van der Waals surface area contributed by atoms with Crippen LogP contribution >= 0.6 is 0 Å². The topological polar surface area (TPSA) is 26.3 Å². The van der Waals surface area contributed by atoms with Crippen LogP contribution in [0, 0.1) is 51.8 Å². The maximum atomic E-state index is 11.7. The molecule has 2 nitrogen and oxygen atoms in total. The molecule has 4 aliphatic rings. The van der Waals surface area contributed by atoms with Crippen LogP contribution in [-0.4, -0.2) is 12.1 Å². The molecule has 0 N–H and O–H groups in total. The predicted octanol–water partition coefficient (Wildman–Crippen LogP) is 8.76. The summed E-state index contributed by atoms with van der Waals surface area (Å²) in [6, 6.07) is 0. The molecule has 0 heterocycles. The van der Waals surface area contributed by atoms with E-state index in [1.165, 1.54) is 56.9 Å². The van der Waals surface area contributed by atoms with Crippen LogP contribution in [0.1, 0.15) is 113 Å². The molecule has 9 atom stereocenters. The Morgan fingerprint density at radius 3 is 2.41 bits per heavy atom. The smallest absolute Gasteiger partial charge is 0.302 e. The molecule has 0 unspecified atom stereocenters. The van der Waals surface area contributed by atoms with Crippen molar-refractivity contribution in [3.05, 3.63) is 23.8 Å². The number of allylic oxidation sites excluding steroid dienone is 3. The molecule has 192 valence electrons. The molecule has 0 aromatic rings. The number of esters is 1. The third-order valence-corrected chi connectivity index (χ3v) is 11.6. The van der Waals surface area contributed by atoms with Gasteiger partial charge in [0.05, 0.1) is 0 Å². The van der Waals surface area contributed by atoms with Crippen molar-refractivity contribution in [1.82, 2.24) is 0 Å². The Hall–Kier alpha value is -1.05. The van der Waals surface area contributed by atoms with Crippen LogP contribution in [-0.2, 0) is 9.53 Å². The van der Waals surface area contributed by atoms with E-state index < -0.39 is 0 Å². The molecule has 4 aliphatic carbocycles. The van der Waals surface area contributed by atoms with Gasteiger partial charge in [-0.05, 0) is 110 Å². The highest BCUT2D eigenvalue weighted by atomic mass is 16.5. The first kappa shape index (κ1) is 26.0. The van der Waals surface area contributed by atoms with E-state index in [1.54, 1.807) is 6.92 Å². The van der Waals surface area contributed by atoms with Crippen molar-refractivity contribution in [2.24, 2.45) is 51.8 Å². The molecule has 0 aromatic heterocycles. The summed E-state index contributed by atoms with van der Waals surface area (Å²) < 4.78 is 5.75. The molecule has 0 aliphatic heterocycles. The zero-order chi connectivity index (χ0) is 25.1. The summed E-state index contributed by atoms with van der Waals surface area (Å²) in [5, 5.41) is 0. The first-order valence-electron chi connectivity index (χ1n) is 14.3. The van der Waals surface area contributed by atoms with Crippen molar-refractivity contribution in [3.8, 4) is 0 Å². The lowest BCUT2D eigenvalue weighted by Gasteiger charge is -2.59. The summed E-state index contributed by atoms with van der Waals surface area (Å²) in [5.74, 6) is 4.12. The molecule has 3 saturated carbocycles. The highest BCUT2D eigenvalue weighted by molar-refractivity contribution is 5.66. The molecule has 0 aromatic carbocycles. The normalized spacial score (nSPS) is 42.6. The molecule has 2 heteroatoms. The highest BCUT2D eigenvalue weighted by Gasteiger charge is 2.59. The maximum Gasteiger partial charge on any atom is 0.302 e. The summed E-state index contributed by atoms with van der Waals surface area (Å²) in [7, 11) is 0. The van der Waals surface area contributed by atoms with Gasteiger partial charge >= 0.3 is 5.97 Å². The van der Waals surface area contributed by atoms with E-state index in [2.05, 4.69) is 61.1 Å². The summed E-state index contributed by atoms with van der Waals surface area (Å²) in [5.41, 5.74) is 4.31. The highest BCUT2D eigenvalue weighted by Crippen LogP contribution is 2.67. The van der Waals surface area contributed by atoms with Crippen LogP contribution in [0.25, 0.3) is 0 Å². The quantitative estimate of drug-likeness (QED) is 0.298. The number of hydrogen-bond donors (Lipinski definition) is 0. The Bertz CT molecular complexity index is 830. The second kappa shape index (κ2) is 9.11. The van der Waals surface area contributed by atoms with Gasteiger partial charge in [-0.2, -0.15) is 0 Å². The van der Waals surface area contributed by atoms with Gasteiger partial charge in [-0.3, -0.25) is 4.79 Å². The molecule has 3 fully saturated rings. The average molecular weight is 469 g/mol. The van der Waals surface area contributed by atoms with Crippen LogP contribution in [0.5, 0.6) is 0 Å². The molecule has 0 saturated heterocycles. The van der Waals surface area contributed by atoms with E-state index in [1.807, 2.05) is 5.57 Å². The van der Waals surface area contributed by atoms with Crippen LogP contribution in [0.3, 0.4) is 0 Å². The lowest BCUT2D eigenvalue weighted by atomic mass is 9.46. The van der Waals surface area contributed by atoms with Gasteiger partial charge in [-0.15, -0.1) is 0 Å². The van der Waals surface area contributed by atoms with E-state index in [0.717, 1.165) is 30.1 Å². The molecule has 0 spiro atoms. The largest absolute Gasteiger partial charge is 0.462 e. The summed E-state index contributed by atoms with van der Waals surface area (Å²) in [6.07, 6.45) is 14.2. The van der Waals surface area contributed by atoms with Gasteiger partial charge in [0.2, 0.25) is 0 Å². The third-order valence-electron chi connectivity index (χ3n) is 11.6. The number of carbonyl (C=O) groups is 1. The van der Waals surface area contributed by atoms with Gasteiger partial charge in [0, 0.05) is 6.92 Å². The van der Waals surface area contributed by atoms with Crippen molar-refractivity contribution in [1.29, 1.82) is 0 Å². The minimum atomic E-state index is -0.113. The Labute approximate surface area is 210 Å². The van der Waals surface area contributed by atoms with Crippen LogP contribution in [0.2, 0.25) is 0 Å². The van der Waals surface area contributed by atoms with E-state index in [9.17, 15) is 4.79 Å². The number of hydrogen-bond acceptors (Lipinski definition) is 2. The zero-order valence-electron chi connectivity index (χ0n) is 23.5. The fourth-order valence-electron chi connectivity index (χ4n) is 9.26. The van der Waals surface area contributed by atoms with Gasteiger partial charge < -0.3 is 4.74 Å². The summed E-state index contributed by atoms with van der Waals surface area (Å²) in [4.78, 5) is 11.7. The zero-order valence-corrected chi connectivity index (χ0v) is 23.5. The van der Waals surface area contributed by atoms with Crippen LogP contribution in [0.4, 0.5) is 0 Å². The van der Waals surface area contributed by atoms with Gasteiger partial charge in [-0.1, -0.05) is 72.3 Å². The van der Waals surface area contributed by atoms with Crippen molar-refractivity contribution in [2.75, 3.05) is 0 Å². The molecule has 4 rings (SSSR count).